The number of pyridine rings is 1. The number of hydrogen-bond donors (Lipinski definition) is 2. The first kappa shape index (κ1) is 13.2. The molecule has 4 rings (SSSR count). The Hall–Kier alpha value is -1.45. The largest absolute Gasteiger partial charge is 0.271 e. The molecule has 0 amide bonds. The van der Waals surface area contributed by atoms with Crippen molar-refractivity contribution >= 4 is 10.9 Å². The van der Waals surface area contributed by atoms with Crippen LogP contribution in [0.5, 0.6) is 0 Å². The molecule has 0 spiro atoms. The lowest BCUT2D eigenvalue weighted by Crippen LogP contribution is -2.31. The van der Waals surface area contributed by atoms with Crippen LogP contribution in [0.4, 0.5) is 0 Å². The lowest BCUT2D eigenvalue weighted by molar-refractivity contribution is 0.280. The van der Waals surface area contributed by atoms with E-state index in [1.807, 2.05) is 12.3 Å². The van der Waals surface area contributed by atoms with Crippen molar-refractivity contribution in [3.63, 3.8) is 0 Å². The van der Waals surface area contributed by atoms with E-state index < -0.39 is 0 Å². The number of hydrazine groups is 1. The molecule has 2 saturated carbocycles. The van der Waals surface area contributed by atoms with Gasteiger partial charge in [0.2, 0.25) is 0 Å². The average molecular weight is 281 g/mol. The molecule has 2 fully saturated rings. The second-order valence-corrected chi connectivity index (χ2v) is 6.81. The van der Waals surface area contributed by atoms with Crippen molar-refractivity contribution in [3.05, 3.63) is 42.1 Å². The van der Waals surface area contributed by atoms with Gasteiger partial charge in [0.05, 0.1) is 5.52 Å². The van der Waals surface area contributed by atoms with Crippen molar-refractivity contribution in [1.29, 1.82) is 0 Å². The van der Waals surface area contributed by atoms with E-state index >= 15 is 0 Å². The van der Waals surface area contributed by atoms with Crippen molar-refractivity contribution in [1.82, 2.24) is 10.4 Å². The zero-order valence-electron chi connectivity index (χ0n) is 12.3. The number of nitrogens with two attached hydrogens (primary N) is 1. The molecule has 4 atom stereocenters. The maximum Gasteiger partial charge on any atom is 0.0705 e. The summed E-state index contributed by atoms with van der Waals surface area (Å²) in [5.74, 6) is 8.68. The molecule has 2 bridgehead atoms. The van der Waals surface area contributed by atoms with Gasteiger partial charge in [-0.25, -0.2) is 0 Å². The van der Waals surface area contributed by atoms with E-state index in [2.05, 4.69) is 34.7 Å². The Kier molecular flexibility index (Phi) is 3.40. The molecule has 2 aliphatic carbocycles. The van der Waals surface area contributed by atoms with Gasteiger partial charge in [-0.05, 0) is 61.1 Å². The highest BCUT2D eigenvalue weighted by molar-refractivity contribution is 5.82. The average Bonchev–Trinajstić information content (AvgIpc) is 3.15. The predicted octanol–water partition coefficient (Wildman–Crippen LogP) is 3.57. The van der Waals surface area contributed by atoms with Gasteiger partial charge in [0, 0.05) is 17.6 Å². The number of nitrogens with one attached hydrogen (secondary N) is 1. The topological polar surface area (TPSA) is 50.9 Å². The summed E-state index contributed by atoms with van der Waals surface area (Å²) in [4.78, 5) is 4.46. The third-order valence-corrected chi connectivity index (χ3v) is 5.68. The minimum Gasteiger partial charge on any atom is -0.271 e. The minimum atomic E-state index is 0.238. The zero-order valence-corrected chi connectivity index (χ0v) is 12.3. The molecule has 3 nitrogen and oxygen atoms in total. The number of fused-ring (bicyclic) bond motifs is 3. The standard InChI is InChI=1S/C18H23N3/c19-21-18(11-14-10-12-6-7-13(14)9-12)16-3-1-5-17-15(16)4-2-8-20-17/h1-5,8,12-14,18,21H,6-7,9-11,19H2. The Bertz CT molecular complexity index is 634. The summed E-state index contributed by atoms with van der Waals surface area (Å²) in [5.41, 5.74) is 5.42. The Balaban J connectivity index is 1.62. The van der Waals surface area contributed by atoms with Gasteiger partial charge < -0.3 is 0 Å². The molecule has 0 saturated heterocycles. The van der Waals surface area contributed by atoms with Gasteiger partial charge in [0.25, 0.3) is 0 Å². The number of benzene rings is 1. The monoisotopic (exact) mass is 281 g/mol. The van der Waals surface area contributed by atoms with Gasteiger partial charge in [-0.15, -0.1) is 0 Å². The lowest BCUT2D eigenvalue weighted by Gasteiger charge is -2.27. The van der Waals surface area contributed by atoms with E-state index in [9.17, 15) is 0 Å². The van der Waals surface area contributed by atoms with Gasteiger partial charge in [-0.1, -0.05) is 24.6 Å². The van der Waals surface area contributed by atoms with Crippen LogP contribution in [0.1, 0.15) is 43.7 Å². The fourth-order valence-corrected chi connectivity index (χ4v) is 4.68. The third kappa shape index (κ3) is 2.34. The van der Waals surface area contributed by atoms with Crippen LogP contribution in [0.15, 0.2) is 36.5 Å². The first-order valence-electron chi connectivity index (χ1n) is 8.15. The SMILES string of the molecule is NNC(CC1CC2CCC1C2)c1cccc2ncccc12. The minimum absolute atomic E-state index is 0.238. The van der Waals surface area contributed by atoms with Gasteiger partial charge in [0.15, 0.2) is 0 Å². The molecule has 2 aromatic rings. The summed E-state index contributed by atoms with van der Waals surface area (Å²) < 4.78 is 0. The fraction of sp³-hybridized carbons (Fsp3) is 0.500. The molecule has 0 aliphatic heterocycles. The maximum absolute atomic E-state index is 5.90. The highest BCUT2D eigenvalue weighted by Crippen LogP contribution is 2.51. The molecule has 3 heteroatoms. The molecule has 21 heavy (non-hydrogen) atoms. The van der Waals surface area contributed by atoms with E-state index in [1.54, 1.807) is 0 Å². The van der Waals surface area contributed by atoms with Crippen LogP contribution in [0, 0.1) is 17.8 Å². The van der Waals surface area contributed by atoms with Crippen LogP contribution in [0.25, 0.3) is 10.9 Å². The van der Waals surface area contributed by atoms with E-state index in [-0.39, 0.29) is 6.04 Å². The molecule has 1 aromatic heterocycles. The van der Waals surface area contributed by atoms with Gasteiger partial charge in [-0.2, -0.15) is 0 Å². The van der Waals surface area contributed by atoms with Crippen molar-refractivity contribution in [3.8, 4) is 0 Å². The van der Waals surface area contributed by atoms with E-state index in [4.69, 9.17) is 5.84 Å². The van der Waals surface area contributed by atoms with E-state index in [0.29, 0.717) is 0 Å². The molecular weight excluding hydrogens is 258 g/mol. The number of nitrogens with zero attached hydrogens (tertiary/aromatic N) is 1. The van der Waals surface area contributed by atoms with Crippen molar-refractivity contribution in [2.45, 2.75) is 38.1 Å². The van der Waals surface area contributed by atoms with Crippen LogP contribution >= 0.6 is 0 Å². The first-order valence-corrected chi connectivity index (χ1v) is 8.15. The first-order chi connectivity index (χ1) is 10.3. The molecule has 2 aliphatic rings. The smallest absolute Gasteiger partial charge is 0.0705 e. The second kappa shape index (κ2) is 5.39. The normalized spacial score (nSPS) is 29.1. The predicted molar refractivity (Wildman–Crippen MR) is 85.4 cm³/mol. The van der Waals surface area contributed by atoms with Crippen molar-refractivity contribution in [2.24, 2.45) is 23.6 Å². The van der Waals surface area contributed by atoms with Gasteiger partial charge >= 0.3 is 0 Å². The zero-order chi connectivity index (χ0) is 14.2. The Morgan fingerprint density at radius 1 is 1.19 bits per heavy atom. The molecule has 4 unspecified atom stereocenters. The number of rotatable bonds is 4. The summed E-state index contributed by atoms with van der Waals surface area (Å²) in [5, 5.41) is 1.23. The summed E-state index contributed by atoms with van der Waals surface area (Å²) in [6.07, 6.45) is 8.77. The molecule has 3 N–H and O–H groups in total. The Morgan fingerprint density at radius 3 is 2.90 bits per heavy atom. The van der Waals surface area contributed by atoms with E-state index in [1.165, 1.54) is 36.6 Å². The van der Waals surface area contributed by atoms with Crippen LogP contribution in [0.3, 0.4) is 0 Å². The summed E-state index contributed by atoms with van der Waals surface area (Å²) >= 11 is 0. The highest BCUT2D eigenvalue weighted by atomic mass is 15.2. The quantitative estimate of drug-likeness (QED) is 0.665. The second-order valence-electron chi connectivity index (χ2n) is 6.81. The molecule has 1 aromatic carbocycles. The van der Waals surface area contributed by atoms with Crippen molar-refractivity contribution < 1.29 is 0 Å². The lowest BCUT2D eigenvalue weighted by atomic mass is 9.82. The van der Waals surface area contributed by atoms with Crippen LogP contribution in [-0.4, -0.2) is 4.98 Å². The number of aromatic nitrogens is 1. The molecule has 1 heterocycles. The Morgan fingerprint density at radius 2 is 2.14 bits per heavy atom. The fourth-order valence-electron chi connectivity index (χ4n) is 4.68. The Labute approximate surface area is 125 Å². The van der Waals surface area contributed by atoms with Gasteiger partial charge in [-0.3, -0.25) is 16.3 Å². The summed E-state index contributed by atoms with van der Waals surface area (Å²) in [6, 6.07) is 10.8. The highest BCUT2D eigenvalue weighted by Gasteiger charge is 2.40. The van der Waals surface area contributed by atoms with Crippen molar-refractivity contribution in [2.75, 3.05) is 0 Å². The molecule has 0 radical (unpaired) electrons. The van der Waals surface area contributed by atoms with Gasteiger partial charge in [0.1, 0.15) is 0 Å². The molecule has 110 valence electrons. The summed E-state index contributed by atoms with van der Waals surface area (Å²) in [7, 11) is 0. The van der Waals surface area contributed by atoms with Crippen LogP contribution in [0.2, 0.25) is 0 Å². The maximum atomic E-state index is 5.90. The summed E-state index contributed by atoms with van der Waals surface area (Å²) in [6.45, 7) is 0. The van der Waals surface area contributed by atoms with E-state index in [0.717, 1.165) is 29.7 Å². The third-order valence-electron chi connectivity index (χ3n) is 5.68. The van der Waals surface area contributed by atoms with Crippen LogP contribution in [-0.2, 0) is 0 Å². The number of hydrogen-bond acceptors (Lipinski definition) is 3. The van der Waals surface area contributed by atoms with Crippen LogP contribution < -0.4 is 11.3 Å². The molecular formula is C18H23N3.